The molecule has 0 heterocycles. The van der Waals surface area contributed by atoms with E-state index in [1.165, 1.54) is 0 Å². The van der Waals surface area contributed by atoms with Gasteiger partial charge in [0, 0.05) is 0 Å². The van der Waals surface area contributed by atoms with Crippen LogP contribution in [0.3, 0.4) is 0 Å². The van der Waals surface area contributed by atoms with Gasteiger partial charge in [0.05, 0.1) is 64.7 Å². The molecule has 8 heteroatoms. The summed E-state index contributed by atoms with van der Waals surface area (Å²) in [6, 6.07) is 0. The normalized spacial score (nSPS) is 13.1. The van der Waals surface area contributed by atoms with Crippen molar-refractivity contribution in [3.63, 3.8) is 0 Å². The Hall–Kier alpha value is -1.22. The van der Waals surface area contributed by atoms with Crippen LogP contribution in [0.25, 0.3) is 0 Å². The monoisotopic (exact) mass is 406 g/mol. The van der Waals surface area contributed by atoms with Crippen LogP contribution in [0, 0.1) is 11.8 Å². The Balaban J connectivity index is 3.20. The molecule has 0 rings (SSSR count). The predicted octanol–water partition coefficient (Wildman–Crippen LogP) is 2.23. The molecule has 0 aliphatic heterocycles. The maximum atomic E-state index is 11.4. The number of carbonyl (C=O) groups excluding carboxylic acids is 2. The standard InChI is InChI=1S/C20H38O8/c1-5-17(3)19(21)27-15-13-25-11-9-23-7-8-24-10-12-26-14-16-28-20(22)18(4)6-2/h17-18H,5-16H2,1-4H3. The Morgan fingerprint density at radius 2 is 0.786 bits per heavy atom. The summed E-state index contributed by atoms with van der Waals surface area (Å²) >= 11 is 0. The van der Waals surface area contributed by atoms with Gasteiger partial charge in [0.2, 0.25) is 0 Å². The molecule has 8 nitrogen and oxygen atoms in total. The summed E-state index contributed by atoms with van der Waals surface area (Å²) in [7, 11) is 0. The molecule has 0 N–H and O–H groups in total. The molecule has 2 atom stereocenters. The van der Waals surface area contributed by atoms with Gasteiger partial charge < -0.3 is 28.4 Å². The van der Waals surface area contributed by atoms with E-state index < -0.39 is 0 Å². The summed E-state index contributed by atoms with van der Waals surface area (Å²) in [6.45, 7) is 11.6. The van der Waals surface area contributed by atoms with E-state index in [9.17, 15) is 9.59 Å². The van der Waals surface area contributed by atoms with Crippen molar-refractivity contribution in [1.29, 1.82) is 0 Å². The molecular weight excluding hydrogens is 368 g/mol. The molecule has 166 valence electrons. The first-order valence-electron chi connectivity index (χ1n) is 10.2. The fourth-order valence-corrected chi connectivity index (χ4v) is 1.78. The third kappa shape index (κ3) is 15.8. The van der Waals surface area contributed by atoms with E-state index in [1.807, 2.05) is 27.7 Å². The zero-order chi connectivity index (χ0) is 21.0. The molecule has 0 spiro atoms. The SMILES string of the molecule is CCC(C)C(=O)OCCOCCOCCOCCOCCOC(=O)C(C)CC. The van der Waals surface area contributed by atoms with Crippen molar-refractivity contribution in [3.05, 3.63) is 0 Å². The van der Waals surface area contributed by atoms with Crippen LogP contribution in [0.1, 0.15) is 40.5 Å². The largest absolute Gasteiger partial charge is 0.463 e. The first-order chi connectivity index (χ1) is 13.5. The first-order valence-corrected chi connectivity index (χ1v) is 10.2. The second-order valence-electron chi connectivity index (χ2n) is 6.40. The highest BCUT2D eigenvalue weighted by Crippen LogP contribution is 2.03. The molecule has 0 amide bonds. The van der Waals surface area contributed by atoms with Gasteiger partial charge in [0.1, 0.15) is 13.2 Å². The highest BCUT2D eigenvalue weighted by Gasteiger charge is 2.11. The Bertz CT molecular complexity index is 352. The van der Waals surface area contributed by atoms with Crippen molar-refractivity contribution < 1.29 is 38.0 Å². The molecule has 0 aromatic heterocycles. The summed E-state index contributed by atoms with van der Waals surface area (Å²) < 4.78 is 31.5. The van der Waals surface area contributed by atoms with Crippen molar-refractivity contribution in [2.75, 3.05) is 66.1 Å². The van der Waals surface area contributed by atoms with Gasteiger partial charge in [-0.05, 0) is 12.8 Å². The van der Waals surface area contributed by atoms with Gasteiger partial charge in [-0.15, -0.1) is 0 Å². The van der Waals surface area contributed by atoms with Crippen LogP contribution in [0.15, 0.2) is 0 Å². The zero-order valence-corrected chi connectivity index (χ0v) is 17.9. The molecular formula is C20H38O8. The first kappa shape index (κ1) is 26.8. The van der Waals surface area contributed by atoms with E-state index in [4.69, 9.17) is 28.4 Å². The van der Waals surface area contributed by atoms with Crippen LogP contribution in [-0.4, -0.2) is 78.0 Å². The van der Waals surface area contributed by atoms with Gasteiger partial charge in [0.15, 0.2) is 0 Å². The van der Waals surface area contributed by atoms with Crippen molar-refractivity contribution in [2.45, 2.75) is 40.5 Å². The number of hydrogen-bond donors (Lipinski definition) is 0. The average molecular weight is 407 g/mol. The van der Waals surface area contributed by atoms with Crippen LogP contribution in [0.4, 0.5) is 0 Å². The summed E-state index contributed by atoms with van der Waals surface area (Å²) in [5.74, 6) is -0.507. The maximum absolute atomic E-state index is 11.4. The summed E-state index contributed by atoms with van der Waals surface area (Å²) in [4.78, 5) is 22.9. The average Bonchev–Trinajstić information content (AvgIpc) is 2.71. The fourth-order valence-electron chi connectivity index (χ4n) is 1.78. The van der Waals surface area contributed by atoms with Crippen molar-refractivity contribution in [2.24, 2.45) is 11.8 Å². The van der Waals surface area contributed by atoms with Crippen molar-refractivity contribution >= 4 is 11.9 Å². The van der Waals surface area contributed by atoms with E-state index in [0.717, 1.165) is 12.8 Å². The molecule has 28 heavy (non-hydrogen) atoms. The lowest BCUT2D eigenvalue weighted by Crippen LogP contribution is -2.18. The number of ether oxygens (including phenoxy) is 6. The molecule has 0 aromatic rings. The Kier molecular flexibility index (Phi) is 18.3. The molecule has 0 saturated carbocycles. The third-order valence-electron chi connectivity index (χ3n) is 4.09. The minimum atomic E-state index is -0.185. The molecule has 0 aliphatic rings. The lowest BCUT2D eigenvalue weighted by molar-refractivity contribution is -0.150. The fraction of sp³-hybridized carbons (Fsp3) is 0.900. The van der Waals surface area contributed by atoms with E-state index >= 15 is 0 Å². The lowest BCUT2D eigenvalue weighted by atomic mass is 10.1. The van der Waals surface area contributed by atoms with Crippen LogP contribution in [0.5, 0.6) is 0 Å². The van der Waals surface area contributed by atoms with E-state index in [2.05, 4.69) is 0 Å². The highest BCUT2D eigenvalue weighted by atomic mass is 16.6. The molecule has 0 aromatic carbocycles. The number of hydrogen-bond acceptors (Lipinski definition) is 8. The molecule has 0 saturated heterocycles. The van der Waals surface area contributed by atoms with Gasteiger partial charge in [-0.2, -0.15) is 0 Å². The molecule has 0 fully saturated rings. The molecule has 0 bridgehead atoms. The Morgan fingerprint density at radius 1 is 0.536 bits per heavy atom. The molecule has 2 unspecified atom stereocenters. The molecule has 0 aliphatic carbocycles. The van der Waals surface area contributed by atoms with Gasteiger partial charge >= 0.3 is 11.9 Å². The van der Waals surface area contributed by atoms with Gasteiger partial charge in [-0.1, -0.05) is 27.7 Å². The topological polar surface area (TPSA) is 89.5 Å². The maximum Gasteiger partial charge on any atom is 0.308 e. The Labute approximate surface area is 169 Å². The van der Waals surface area contributed by atoms with E-state index in [1.54, 1.807) is 0 Å². The Morgan fingerprint density at radius 3 is 1.04 bits per heavy atom. The molecule has 0 radical (unpaired) electrons. The third-order valence-corrected chi connectivity index (χ3v) is 4.09. The van der Waals surface area contributed by atoms with Gasteiger partial charge in [-0.25, -0.2) is 0 Å². The smallest absolute Gasteiger partial charge is 0.308 e. The van der Waals surface area contributed by atoms with Crippen molar-refractivity contribution in [3.8, 4) is 0 Å². The number of carbonyl (C=O) groups is 2. The van der Waals surface area contributed by atoms with Crippen LogP contribution >= 0.6 is 0 Å². The van der Waals surface area contributed by atoms with Crippen molar-refractivity contribution in [1.82, 2.24) is 0 Å². The number of rotatable bonds is 19. The minimum absolute atomic E-state index is 0.0686. The summed E-state index contributed by atoms with van der Waals surface area (Å²) in [5.41, 5.74) is 0. The summed E-state index contributed by atoms with van der Waals surface area (Å²) in [5, 5.41) is 0. The van der Waals surface area contributed by atoms with Crippen LogP contribution in [0.2, 0.25) is 0 Å². The van der Waals surface area contributed by atoms with E-state index in [-0.39, 0.29) is 37.0 Å². The highest BCUT2D eigenvalue weighted by molar-refractivity contribution is 5.72. The van der Waals surface area contributed by atoms with Gasteiger partial charge in [0.25, 0.3) is 0 Å². The predicted molar refractivity (Wildman–Crippen MR) is 104 cm³/mol. The number of esters is 2. The quantitative estimate of drug-likeness (QED) is 0.238. The second-order valence-corrected chi connectivity index (χ2v) is 6.40. The van der Waals surface area contributed by atoms with Crippen LogP contribution in [-0.2, 0) is 38.0 Å². The van der Waals surface area contributed by atoms with Crippen LogP contribution < -0.4 is 0 Å². The van der Waals surface area contributed by atoms with Gasteiger partial charge in [-0.3, -0.25) is 9.59 Å². The zero-order valence-electron chi connectivity index (χ0n) is 17.9. The summed E-state index contributed by atoms with van der Waals surface area (Å²) in [6.07, 6.45) is 1.55. The minimum Gasteiger partial charge on any atom is -0.463 e. The lowest BCUT2D eigenvalue weighted by Gasteiger charge is -2.10. The second kappa shape index (κ2) is 19.1. The van der Waals surface area contributed by atoms with E-state index in [0.29, 0.717) is 52.9 Å².